The highest BCUT2D eigenvalue weighted by atomic mass is 16.0. The van der Waals surface area contributed by atoms with E-state index in [1.165, 1.54) is 0 Å². The molecule has 0 aromatic rings. The van der Waals surface area contributed by atoms with Crippen LogP contribution in [0.4, 0.5) is 0 Å². The van der Waals surface area contributed by atoms with Gasteiger partial charge in [-0.1, -0.05) is 0 Å². The summed E-state index contributed by atoms with van der Waals surface area (Å²) in [6.45, 7) is 0. The van der Waals surface area contributed by atoms with Gasteiger partial charge in [-0.25, -0.2) is 0 Å². The molecule has 0 saturated heterocycles. The van der Waals surface area contributed by atoms with Gasteiger partial charge in [0, 0.05) is 0 Å². The van der Waals surface area contributed by atoms with E-state index in [2.05, 4.69) is 0 Å². The van der Waals surface area contributed by atoms with Crippen molar-refractivity contribution in [1.82, 2.24) is 12.3 Å². The van der Waals surface area contributed by atoms with Crippen LogP contribution in [0.2, 0.25) is 0 Å². The third-order valence-electron chi connectivity index (χ3n) is 0. The number of hydrogen-bond donors (Lipinski definition) is 2. The summed E-state index contributed by atoms with van der Waals surface area (Å²) in [5.41, 5.74) is 0. The average molecular weight is 394 g/mol. The van der Waals surface area contributed by atoms with Gasteiger partial charge in [0.2, 0.25) is 0 Å². The van der Waals surface area contributed by atoms with E-state index in [9.17, 15) is 0 Å². The molecule has 0 aromatic heterocycles. The molecule has 0 aliphatic carbocycles. The third kappa shape index (κ3) is 8110. The Kier molecular flexibility index (Phi) is 4770000. The molecular formula is H46N2O20. The molecule has 0 aromatic carbocycles. The minimum absolute atomic E-state index is 0. The van der Waals surface area contributed by atoms with E-state index in [0.29, 0.717) is 0 Å². The van der Waals surface area contributed by atoms with Gasteiger partial charge in [-0.3, -0.25) is 0 Å². The van der Waals surface area contributed by atoms with Crippen molar-refractivity contribution in [3.05, 3.63) is 0 Å². The summed E-state index contributed by atoms with van der Waals surface area (Å²) in [6.07, 6.45) is 0. The van der Waals surface area contributed by atoms with E-state index in [-0.39, 0.29) is 122 Å². The molecule has 176 valence electrons. The summed E-state index contributed by atoms with van der Waals surface area (Å²) in [4.78, 5) is 0. The first-order valence-electron chi connectivity index (χ1n) is 0. The normalized spacial score (nSPS) is 0. The van der Waals surface area contributed by atoms with Crippen molar-refractivity contribution >= 4 is 0 Å². The van der Waals surface area contributed by atoms with Crippen LogP contribution in [0.3, 0.4) is 0 Å². The molecule has 22 nitrogen and oxygen atoms in total. The van der Waals surface area contributed by atoms with Gasteiger partial charge in [0.15, 0.2) is 0 Å². The van der Waals surface area contributed by atoms with E-state index in [4.69, 9.17) is 0 Å². The second kappa shape index (κ2) is 9500. The Labute approximate surface area is 123 Å². The Morgan fingerprint density at radius 3 is 0.0909 bits per heavy atom. The fourth-order valence-electron chi connectivity index (χ4n) is 0. The van der Waals surface area contributed by atoms with E-state index < -0.39 is 0 Å². The monoisotopic (exact) mass is 394 g/mol. The highest BCUT2D eigenvalue weighted by Crippen LogP contribution is -0.270. The molecule has 0 amide bonds. The molecule has 0 spiro atoms. The largest absolute Gasteiger partial charge is 0.412 e. The first kappa shape index (κ1) is 11000. The van der Waals surface area contributed by atoms with Crippen molar-refractivity contribution in [3.63, 3.8) is 0 Å². The predicted molar refractivity (Wildman–Crippen MR) is 82.3 cm³/mol. The Morgan fingerprint density at radius 2 is 0.0909 bits per heavy atom. The van der Waals surface area contributed by atoms with Gasteiger partial charge in [0.05, 0.1) is 0 Å². The molecule has 0 fully saturated rings. The van der Waals surface area contributed by atoms with Gasteiger partial charge in [0.1, 0.15) is 0 Å². The Balaban J connectivity index is 0. The fraction of sp³-hybridized carbons (Fsp3) is 0. The highest BCUT2D eigenvalue weighted by Gasteiger charge is -0.342. The summed E-state index contributed by atoms with van der Waals surface area (Å²) < 4.78 is 0. The van der Waals surface area contributed by atoms with Gasteiger partial charge >= 0.3 is 0 Å². The lowest BCUT2D eigenvalue weighted by Gasteiger charge is -0.413. The summed E-state index contributed by atoms with van der Waals surface area (Å²) in [7, 11) is 0. The van der Waals surface area contributed by atoms with Crippen LogP contribution in [0.5, 0.6) is 0 Å². The summed E-state index contributed by atoms with van der Waals surface area (Å²) in [5.74, 6) is 0. The zero-order valence-corrected chi connectivity index (χ0v) is 11.4. The summed E-state index contributed by atoms with van der Waals surface area (Å²) in [6, 6.07) is 0. The maximum atomic E-state index is 0. The molecule has 22 heavy (non-hydrogen) atoms. The maximum Gasteiger partial charge on any atom is -0.344 e. The second-order valence-corrected chi connectivity index (χ2v) is 0. The van der Waals surface area contributed by atoms with E-state index in [1.807, 2.05) is 0 Å². The molecule has 0 radical (unpaired) electrons. The molecule has 0 heterocycles. The molecular weight excluding hydrogens is 348 g/mol. The Morgan fingerprint density at radius 1 is 0.0909 bits per heavy atom. The van der Waals surface area contributed by atoms with Gasteiger partial charge in [-0.2, -0.15) is 0 Å². The molecule has 0 rings (SSSR count). The third-order valence-corrected chi connectivity index (χ3v) is 0. The SMILES string of the molecule is N.N.O.O.O.O.O.O.O.O.O.O.O.O.O.O.O.O.O.O.O.O. The number of hydrogen-bond acceptors (Lipinski definition) is 2. The summed E-state index contributed by atoms with van der Waals surface area (Å²) >= 11 is 0. The fourth-order valence-corrected chi connectivity index (χ4v) is 0. The topological polar surface area (TPSA) is 700 Å². The van der Waals surface area contributed by atoms with Crippen LogP contribution in [-0.4, -0.2) is 110 Å². The molecule has 0 aliphatic heterocycles. The highest BCUT2D eigenvalue weighted by molar-refractivity contribution is 2.14. The minimum atomic E-state index is 0. The van der Waals surface area contributed by atoms with Crippen molar-refractivity contribution in [2.45, 2.75) is 0 Å². The van der Waals surface area contributed by atoms with Crippen molar-refractivity contribution in [2.75, 3.05) is 0 Å². The Bertz CT molecular complexity index is 9.67. The van der Waals surface area contributed by atoms with Crippen LogP contribution >= 0.6 is 0 Å². The van der Waals surface area contributed by atoms with Crippen molar-refractivity contribution in [2.24, 2.45) is 0 Å². The van der Waals surface area contributed by atoms with Crippen LogP contribution in [0, 0.1) is 0 Å². The van der Waals surface area contributed by atoms with Crippen LogP contribution in [0.25, 0.3) is 0 Å². The molecule has 0 unspecified atom stereocenters. The zero-order chi connectivity index (χ0) is 0. The smallest absolute Gasteiger partial charge is 0.344 e. The quantitative estimate of drug-likeness (QED) is 0.403. The molecule has 22 heteroatoms. The van der Waals surface area contributed by atoms with Crippen LogP contribution in [-0.2, 0) is 0 Å². The van der Waals surface area contributed by atoms with Crippen LogP contribution in [0.15, 0.2) is 0 Å². The lowest BCUT2D eigenvalue weighted by atomic mass is 14.0. The van der Waals surface area contributed by atoms with Gasteiger partial charge in [0.25, 0.3) is 0 Å². The van der Waals surface area contributed by atoms with E-state index in [0.717, 1.165) is 0 Å². The van der Waals surface area contributed by atoms with E-state index >= 15 is 0 Å². The lowest BCUT2D eigenvalue weighted by molar-refractivity contribution is 0.823. The van der Waals surface area contributed by atoms with Crippen molar-refractivity contribution < 1.29 is 110 Å². The molecule has 0 aliphatic rings. The van der Waals surface area contributed by atoms with Crippen molar-refractivity contribution in [3.8, 4) is 0 Å². The van der Waals surface area contributed by atoms with Crippen LogP contribution in [0.1, 0.15) is 0 Å². The van der Waals surface area contributed by atoms with Gasteiger partial charge in [-0.05, 0) is 0 Å². The standard InChI is InChI=1S/2H3N.20H2O/h2*1H3;20*1H2. The summed E-state index contributed by atoms with van der Waals surface area (Å²) in [5, 5.41) is 0. The van der Waals surface area contributed by atoms with Crippen molar-refractivity contribution in [1.29, 1.82) is 0 Å². The zero-order valence-electron chi connectivity index (χ0n) is 11.4. The first-order chi connectivity index (χ1) is 0. The molecule has 46 N–H and O–H groups in total. The lowest BCUT2D eigenvalue weighted by Crippen LogP contribution is -0.482. The molecule has 0 atom stereocenters. The Hall–Kier alpha value is -0.880. The first-order valence-corrected chi connectivity index (χ1v) is 0. The maximum absolute atomic E-state index is 0. The van der Waals surface area contributed by atoms with E-state index in [1.54, 1.807) is 0 Å². The molecule has 0 bridgehead atoms. The minimum Gasteiger partial charge on any atom is -0.412 e. The average Bonchev–Trinajstić information content (AvgIpc) is 0. The second-order valence-electron chi connectivity index (χ2n) is 0. The molecule has 0 saturated carbocycles. The van der Waals surface area contributed by atoms with Gasteiger partial charge in [-0.15, -0.1) is 0 Å². The number of rotatable bonds is 0. The van der Waals surface area contributed by atoms with Gasteiger partial charge < -0.3 is 122 Å². The predicted octanol–water partition coefficient (Wildman–Crippen LogP) is -16.2. The van der Waals surface area contributed by atoms with Crippen LogP contribution < -0.4 is 12.3 Å².